The van der Waals surface area contributed by atoms with E-state index in [1.807, 2.05) is 41.0 Å². The molecule has 0 atom stereocenters. The minimum atomic E-state index is -0.264. The van der Waals surface area contributed by atoms with E-state index >= 15 is 0 Å². The fraction of sp³-hybridized carbons (Fsp3) is 0.125. The van der Waals surface area contributed by atoms with Gasteiger partial charge in [-0.05, 0) is 18.2 Å². The molecule has 0 unspecified atom stereocenters. The predicted octanol–water partition coefficient (Wildman–Crippen LogP) is 4.05. The molecule has 35 heavy (non-hydrogen) atoms. The van der Waals surface area contributed by atoms with Crippen LogP contribution in [0.2, 0.25) is 5.15 Å². The number of rotatable bonds is 8. The Balaban J connectivity index is 1.35. The quantitative estimate of drug-likeness (QED) is 0.305. The highest BCUT2D eigenvalue weighted by atomic mass is 35.5. The number of hydrogen-bond acceptors (Lipinski definition) is 8. The molecule has 0 aliphatic heterocycles. The van der Waals surface area contributed by atoms with Crippen molar-refractivity contribution in [2.75, 3.05) is 18.9 Å². The van der Waals surface area contributed by atoms with Crippen molar-refractivity contribution in [1.29, 1.82) is 0 Å². The SMILES string of the molecule is Nc1ncnc2sc(-c3c(-c4ccccc4)ncn3CCNC(=O)COc3cccnc3Cl)cc12. The fourth-order valence-corrected chi connectivity index (χ4v) is 4.84. The number of nitrogen functional groups attached to an aromatic ring is 1. The van der Waals surface area contributed by atoms with E-state index in [2.05, 4.69) is 25.3 Å². The number of ether oxygens (including phenoxy) is 1. The highest BCUT2D eigenvalue weighted by Crippen LogP contribution is 2.38. The third kappa shape index (κ3) is 4.93. The smallest absolute Gasteiger partial charge is 0.258 e. The van der Waals surface area contributed by atoms with Gasteiger partial charge in [0.15, 0.2) is 17.5 Å². The molecule has 0 aliphatic carbocycles. The van der Waals surface area contributed by atoms with E-state index in [-0.39, 0.29) is 17.7 Å². The average molecular weight is 506 g/mol. The number of benzene rings is 1. The maximum Gasteiger partial charge on any atom is 0.258 e. The number of fused-ring (bicyclic) bond motifs is 1. The second kappa shape index (κ2) is 10.1. The van der Waals surface area contributed by atoms with Crippen LogP contribution in [0.3, 0.4) is 0 Å². The Bertz CT molecular complexity index is 1490. The average Bonchev–Trinajstić information content (AvgIpc) is 3.49. The number of nitrogens with one attached hydrogen (secondary N) is 1. The molecular weight excluding hydrogens is 486 g/mol. The lowest BCUT2D eigenvalue weighted by molar-refractivity contribution is -0.123. The number of carbonyl (C=O) groups excluding carboxylic acids is 1. The summed E-state index contributed by atoms with van der Waals surface area (Å²) < 4.78 is 7.46. The van der Waals surface area contributed by atoms with Crippen LogP contribution in [-0.4, -0.2) is 43.6 Å². The lowest BCUT2D eigenvalue weighted by Crippen LogP contribution is -2.31. The van der Waals surface area contributed by atoms with E-state index in [0.29, 0.717) is 24.7 Å². The van der Waals surface area contributed by atoms with Crippen molar-refractivity contribution >= 4 is 44.9 Å². The van der Waals surface area contributed by atoms with Crippen LogP contribution in [0.4, 0.5) is 5.82 Å². The Labute approximate surface area is 209 Å². The van der Waals surface area contributed by atoms with Crippen molar-refractivity contribution in [3.63, 3.8) is 0 Å². The molecule has 0 radical (unpaired) electrons. The van der Waals surface area contributed by atoms with Crippen molar-refractivity contribution in [3.05, 3.63) is 72.5 Å². The summed E-state index contributed by atoms with van der Waals surface area (Å²) in [6.07, 6.45) is 4.79. The van der Waals surface area contributed by atoms with Gasteiger partial charge in [0, 0.05) is 24.8 Å². The van der Waals surface area contributed by atoms with Gasteiger partial charge in [0.25, 0.3) is 5.91 Å². The first-order chi connectivity index (χ1) is 17.1. The van der Waals surface area contributed by atoms with Crippen molar-refractivity contribution in [1.82, 2.24) is 29.8 Å². The van der Waals surface area contributed by atoms with Crippen molar-refractivity contribution < 1.29 is 9.53 Å². The van der Waals surface area contributed by atoms with Gasteiger partial charge in [0.1, 0.15) is 17.0 Å². The Morgan fingerprint density at radius 1 is 1.11 bits per heavy atom. The third-order valence-corrected chi connectivity index (χ3v) is 6.57. The van der Waals surface area contributed by atoms with E-state index in [1.165, 1.54) is 17.7 Å². The van der Waals surface area contributed by atoms with E-state index in [0.717, 1.165) is 32.0 Å². The van der Waals surface area contributed by atoms with Gasteiger partial charge in [-0.1, -0.05) is 41.9 Å². The molecule has 3 N–H and O–H groups in total. The number of hydrogen-bond donors (Lipinski definition) is 2. The molecule has 0 saturated heterocycles. The molecule has 0 spiro atoms. The van der Waals surface area contributed by atoms with Gasteiger partial charge < -0.3 is 20.4 Å². The normalized spacial score (nSPS) is 11.0. The molecular formula is C24H20ClN7O2S. The van der Waals surface area contributed by atoms with Gasteiger partial charge in [-0.2, -0.15) is 0 Å². The lowest BCUT2D eigenvalue weighted by Gasteiger charge is -2.11. The molecule has 1 aromatic carbocycles. The number of anilines is 1. The first-order valence-corrected chi connectivity index (χ1v) is 11.9. The number of thiophene rings is 1. The number of aromatic nitrogens is 5. The lowest BCUT2D eigenvalue weighted by atomic mass is 10.1. The molecule has 0 saturated carbocycles. The molecule has 5 rings (SSSR count). The van der Waals surface area contributed by atoms with Crippen LogP contribution < -0.4 is 15.8 Å². The molecule has 9 nitrogen and oxygen atoms in total. The number of halogens is 1. The summed E-state index contributed by atoms with van der Waals surface area (Å²) in [6, 6.07) is 15.3. The van der Waals surface area contributed by atoms with E-state index in [1.54, 1.807) is 24.7 Å². The van der Waals surface area contributed by atoms with Crippen molar-refractivity contribution in [2.45, 2.75) is 6.54 Å². The minimum Gasteiger partial charge on any atom is -0.481 e. The number of amides is 1. The maximum atomic E-state index is 12.3. The second-order valence-corrected chi connectivity index (χ2v) is 8.91. The number of imidazole rings is 1. The van der Waals surface area contributed by atoms with Gasteiger partial charge in [0.05, 0.1) is 28.0 Å². The zero-order valence-electron chi connectivity index (χ0n) is 18.4. The first-order valence-electron chi connectivity index (χ1n) is 10.7. The van der Waals surface area contributed by atoms with E-state index in [9.17, 15) is 4.79 Å². The van der Waals surface area contributed by atoms with Crippen LogP contribution in [0.5, 0.6) is 5.75 Å². The molecule has 4 heterocycles. The van der Waals surface area contributed by atoms with Crippen LogP contribution in [0.25, 0.3) is 32.0 Å². The summed E-state index contributed by atoms with van der Waals surface area (Å²) in [5.41, 5.74) is 8.81. The molecule has 11 heteroatoms. The monoisotopic (exact) mass is 505 g/mol. The molecule has 5 aromatic rings. The highest BCUT2D eigenvalue weighted by molar-refractivity contribution is 7.21. The van der Waals surface area contributed by atoms with Crippen LogP contribution in [-0.2, 0) is 11.3 Å². The van der Waals surface area contributed by atoms with E-state index in [4.69, 9.17) is 22.1 Å². The fourth-order valence-electron chi connectivity index (χ4n) is 3.60. The van der Waals surface area contributed by atoms with Gasteiger partial charge in [-0.15, -0.1) is 11.3 Å². The van der Waals surface area contributed by atoms with Crippen molar-refractivity contribution in [3.8, 4) is 27.6 Å². The minimum absolute atomic E-state index is 0.161. The summed E-state index contributed by atoms with van der Waals surface area (Å²) >= 11 is 7.49. The van der Waals surface area contributed by atoms with E-state index < -0.39 is 0 Å². The summed E-state index contributed by atoms with van der Waals surface area (Å²) in [5.74, 6) is 0.534. The highest BCUT2D eigenvalue weighted by Gasteiger charge is 2.19. The number of carbonyl (C=O) groups is 1. The number of pyridine rings is 1. The first kappa shape index (κ1) is 22.8. The van der Waals surface area contributed by atoms with Crippen LogP contribution in [0.15, 0.2) is 67.4 Å². The third-order valence-electron chi connectivity index (χ3n) is 5.24. The van der Waals surface area contributed by atoms with Gasteiger partial charge in [-0.3, -0.25) is 4.79 Å². The van der Waals surface area contributed by atoms with Gasteiger partial charge in [0.2, 0.25) is 0 Å². The maximum absolute atomic E-state index is 12.3. The van der Waals surface area contributed by atoms with Crippen LogP contribution in [0, 0.1) is 0 Å². The summed E-state index contributed by atoms with van der Waals surface area (Å²) in [6.45, 7) is 0.725. The molecule has 4 aromatic heterocycles. The Morgan fingerprint density at radius 2 is 1.97 bits per heavy atom. The Hall–Kier alpha value is -4.02. The molecule has 0 bridgehead atoms. The zero-order valence-corrected chi connectivity index (χ0v) is 20.0. The standard InChI is InChI=1S/C24H20ClN7O2S/c25-22-17(7-4-8-28-22)34-12-19(33)27-9-10-32-14-31-20(15-5-2-1-3-6-15)21(32)18-11-16-23(26)29-13-30-24(16)35-18/h1-8,11,13-14H,9-10,12H2,(H,27,33)(H2,26,29,30). The summed E-state index contributed by atoms with van der Waals surface area (Å²) in [7, 11) is 0. The van der Waals surface area contributed by atoms with Crippen LogP contribution in [0.1, 0.15) is 0 Å². The summed E-state index contributed by atoms with van der Waals surface area (Å²) in [5, 5.41) is 3.89. The Morgan fingerprint density at radius 3 is 2.77 bits per heavy atom. The van der Waals surface area contributed by atoms with Gasteiger partial charge >= 0.3 is 0 Å². The predicted molar refractivity (Wildman–Crippen MR) is 136 cm³/mol. The Kier molecular flexibility index (Phi) is 6.55. The molecule has 0 fully saturated rings. The summed E-state index contributed by atoms with van der Waals surface area (Å²) in [4.78, 5) is 31.1. The zero-order chi connectivity index (χ0) is 24.2. The molecule has 1 amide bonds. The van der Waals surface area contributed by atoms with Gasteiger partial charge in [-0.25, -0.2) is 19.9 Å². The largest absolute Gasteiger partial charge is 0.481 e. The molecule has 0 aliphatic rings. The topological polar surface area (TPSA) is 121 Å². The second-order valence-electron chi connectivity index (χ2n) is 7.52. The molecule has 176 valence electrons. The number of nitrogens with two attached hydrogens (primary N) is 1. The number of nitrogens with zero attached hydrogens (tertiary/aromatic N) is 5. The van der Waals surface area contributed by atoms with Crippen molar-refractivity contribution in [2.24, 2.45) is 0 Å². The van der Waals surface area contributed by atoms with Crippen LogP contribution >= 0.6 is 22.9 Å².